The standard InChI is InChI=1S/C13H5F3N2O5/c14-7-8(15)10-6(12(20)9(7)16)11(19)4(13(21)22)3-18(10)5-1-2-23-17-5/h1-3,20H,(H,21,22). The third-order valence-electron chi connectivity index (χ3n) is 3.15. The third-order valence-corrected chi connectivity index (χ3v) is 3.15. The second kappa shape index (κ2) is 4.87. The molecule has 3 rings (SSSR count). The van der Waals surface area contributed by atoms with Crippen LogP contribution in [-0.4, -0.2) is 25.9 Å². The molecular formula is C13H5F3N2O5. The highest BCUT2D eigenvalue weighted by Crippen LogP contribution is 2.32. The topological polar surface area (TPSA) is 106 Å². The number of aromatic hydroxyl groups is 1. The molecule has 0 saturated heterocycles. The minimum Gasteiger partial charge on any atom is -0.504 e. The number of benzene rings is 1. The fourth-order valence-electron chi connectivity index (χ4n) is 2.13. The van der Waals surface area contributed by atoms with Gasteiger partial charge in [-0.1, -0.05) is 5.16 Å². The molecule has 0 bridgehead atoms. The summed E-state index contributed by atoms with van der Waals surface area (Å²) in [6.45, 7) is 0. The van der Waals surface area contributed by atoms with Crippen LogP contribution in [0.5, 0.6) is 5.75 Å². The molecule has 2 heterocycles. The van der Waals surface area contributed by atoms with E-state index in [1.807, 2.05) is 0 Å². The Labute approximate surface area is 123 Å². The number of aromatic carboxylic acids is 1. The Balaban J connectivity index is 2.65. The van der Waals surface area contributed by atoms with E-state index in [2.05, 4.69) is 9.68 Å². The van der Waals surface area contributed by atoms with Gasteiger partial charge in [0, 0.05) is 12.3 Å². The van der Waals surface area contributed by atoms with E-state index >= 15 is 0 Å². The van der Waals surface area contributed by atoms with Crippen LogP contribution in [-0.2, 0) is 0 Å². The molecule has 0 radical (unpaired) electrons. The maximum Gasteiger partial charge on any atom is 0.341 e. The summed E-state index contributed by atoms with van der Waals surface area (Å²) in [6, 6.07) is 1.16. The van der Waals surface area contributed by atoms with E-state index in [4.69, 9.17) is 5.11 Å². The molecule has 0 spiro atoms. The summed E-state index contributed by atoms with van der Waals surface area (Å²) in [5.41, 5.74) is -3.14. The van der Waals surface area contributed by atoms with Crippen LogP contribution in [0, 0.1) is 17.5 Å². The number of fused-ring (bicyclic) bond motifs is 1. The van der Waals surface area contributed by atoms with Crippen LogP contribution in [0.2, 0.25) is 0 Å². The van der Waals surface area contributed by atoms with Crippen molar-refractivity contribution in [3.05, 3.63) is 51.8 Å². The predicted molar refractivity (Wildman–Crippen MR) is 68.1 cm³/mol. The molecule has 10 heteroatoms. The number of carbonyl (C=O) groups is 1. The van der Waals surface area contributed by atoms with Gasteiger partial charge in [-0.2, -0.15) is 4.39 Å². The summed E-state index contributed by atoms with van der Waals surface area (Å²) >= 11 is 0. The summed E-state index contributed by atoms with van der Waals surface area (Å²) in [6.07, 6.45) is 1.72. The van der Waals surface area contributed by atoms with Gasteiger partial charge in [0.1, 0.15) is 17.3 Å². The first-order valence-electron chi connectivity index (χ1n) is 5.93. The van der Waals surface area contributed by atoms with Crippen molar-refractivity contribution < 1.29 is 32.7 Å². The monoisotopic (exact) mass is 326 g/mol. The zero-order chi connectivity index (χ0) is 16.9. The summed E-state index contributed by atoms with van der Waals surface area (Å²) < 4.78 is 46.4. The fourth-order valence-corrected chi connectivity index (χ4v) is 2.13. The van der Waals surface area contributed by atoms with E-state index < -0.39 is 51.1 Å². The molecule has 23 heavy (non-hydrogen) atoms. The Morgan fingerprint density at radius 2 is 1.91 bits per heavy atom. The average molecular weight is 326 g/mol. The SMILES string of the molecule is O=C(O)c1cn(-c2ccon2)c2c(F)c(F)c(F)c(O)c2c1=O. The first-order chi connectivity index (χ1) is 10.8. The van der Waals surface area contributed by atoms with Gasteiger partial charge in [-0.25, -0.2) is 13.6 Å². The lowest BCUT2D eigenvalue weighted by molar-refractivity contribution is 0.0695. The molecule has 118 valence electrons. The maximum absolute atomic E-state index is 14.1. The number of carboxylic acid groups (broad SMARTS) is 1. The number of hydrogen-bond donors (Lipinski definition) is 2. The second-order valence-electron chi connectivity index (χ2n) is 4.42. The molecule has 2 aromatic heterocycles. The van der Waals surface area contributed by atoms with Crippen molar-refractivity contribution in [3.8, 4) is 11.6 Å². The molecule has 2 N–H and O–H groups in total. The normalized spacial score (nSPS) is 11.1. The van der Waals surface area contributed by atoms with Crippen LogP contribution < -0.4 is 5.43 Å². The molecular weight excluding hydrogens is 321 g/mol. The van der Waals surface area contributed by atoms with E-state index in [1.165, 1.54) is 0 Å². The second-order valence-corrected chi connectivity index (χ2v) is 4.42. The Kier molecular flexibility index (Phi) is 3.09. The van der Waals surface area contributed by atoms with E-state index in [0.29, 0.717) is 10.8 Å². The van der Waals surface area contributed by atoms with Gasteiger partial charge in [-0.05, 0) is 0 Å². The minimum absolute atomic E-state index is 0.207. The Morgan fingerprint density at radius 3 is 2.48 bits per heavy atom. The van der Waals surface area contributed by atoms with E-state index in [1.54, 1.807) is 0 Å². The van der Waals surface area contributed by atoms with Gasteiger partial charge in [0.15, 0.2) is 17.4 Å². The molecule has 0 aliphatic rings. The van der Waals surface area contributed by atoms with Crippen LogP contribution >= 0.6 is 0 Å². The third kappa shape index (κ3) is 1.95. The maximum atomic E-state index is 14.1. The lowest BCUT2D eigenvalue weighted by atomic mass is 10.1. The smallest absolute Gasteiger partial charge is 0.341 e. The van der Waals surface area contributed by atoms with Crippen molar-refractivity contribution in [2.75, 3.05) is 0 Å². The van der Waals surface area contributed by atoms with Crippen molar-refractivity contribution in [1.82, 2.24) is 9.72 Å². The first kappa shape index (κ1) is 14.6. The number of hydrogen-bond acceptors (Lipinski definition) is 5. The Bertz CT molecular complexity index is 1010. The van der Waals surface area contributed by atoms with Crippen LogP contribution in [0.25, 0.3) is 16.7 Å². The van der Waals surface area contributed by atoms with E-state index in [-0.39, 0.29) is 5.82 Å². The molecule has 0 fully saturated rings. The molecule has 0 saturated carbocycles. The van der Waals surface area contributed by atoms with Crippen molar-refractivity contribution >= 4 is 16.9 Å². The van der Waals surface area contributed by atoms with Gasteiger partial charge in [-0.15, -0.1) is 0 Å². The predicted octanol–water partition coefficient (Wildman–Crippen LogP) is 1.80. The van der Waals surface area contributed by atoms with Gasteiger partial charge in [0.05, 0.1) is 5.39 Å². The minimum atomic E-state index is -2.02. The number of rotatable bonds is 2. The number of phenolic OH excluding ortho intramolecular Hbond substituents is 1. The van der Waals surface area contributed by atoms with Crippen molar-refractivity contribution in [1.29, 1.82) is 0 Å². The van der Waals surface area contributed by atoms with Gasteiger partial charge >= 0.3 is 5.97 Å². The highest BCUT2D eigenvalue weighted by Gasteiger charge is 2.27. The summed E-state index contributed by atoms with van der Waals surface area (Å²) in [7, 11) is 0. The van der Waals surface area contributed by atoms with Crippen molar-refractivity contribution in [3.63, 3.8) is 0 Å². The number of phenols is 1. The molecule has 1 aromatic carbocycles. The van der Waals surface area contributed by atoms with Crippen molar-refractivity contribution in [2.24, 2.45) is 0 Å². The molecule has 0 amide bonds. The number of carboxylic acids is 1. The largest absolute Gasteiger partial charge is 0.504 e. The molecule has 0 aliphatic heterocycles. The zero-order valence-electron chi connectivity index (χ0n) is 10.9. The first-order valence-corrected chi connectivity index (χ1v) is 5.93. The lowest BCUT2D eigenvalue weighted by Crippen LogP contribution is -2.20. The molecule has 0 aliphatic carbocycles. The van der Waals surface area contributed by atoms with Crippen molar-refractivity contribution in [2.45, 2.75) is 0 Å². The molecule has 3 aromatic rings. The van der Waals surface area contributed by atoms with Gasteiger partial charge in [0.25, 0.3) is 0 Å². The van der Waals surface area contributed by atoms with Crippen LogP contribution in [0.1, 0.15) is 10.4 Å². The van der Waals surface area contributed by atoms with Crippen LogP contribution in [0.15, 0.2) is 27.8 Å². The summed E-state index contributed by atoms with van der Waals surface area (Å²) in [4.78, 5) is 23.2. The molecule has 0 atom stereocenters. The lowest BCUT2D eigenvalue weighted by Gasteiger charge is -2.12. The highest BCUT2D eigenvalue weighted by molar-refractivity contribution is 5.95. The van der Waals surface area contributed by atoms with Crippen LogP contribution in [0.4, 0.5) is 13.2 Å². The quantitative estimate of drug-likeness (QED) is 0.696. The van der Waals surface area contributed by atoms with Gasteiger partial charge in [-0.3, -0.25) is 9.36 Å². The summed E-state index contributed by atoms with van der Waals surface area (Å²) in [5, 5.41) is 21.1. The average Bonchev–Trinajstić information content (AvgIpc) is 3.04. The Hall–Kier alpha value is -3.30. The fraction of sp³-hybridized carbons (Fsp3) is 0. The number of nitrogens with zero attached hydrogens (tertiary/aromatic N) is 2. The van der Waals surface area contributed by atoms with Crippen LogP contribution in [0.3, 0.4) is 0 Å². The van der Waals surface area contributed by atoms with E-state index in [0.717, 1.165) is 12.3 Å². The summed E-state index contributed by atoms with van der Waals surface area (Å²) in [5.74, 6) is -9.21. The van der Waals surface area contributed by atoms with Gasteiger partial charge in [0.2, 0.25) is 17.1 Å². The van der Waals surface area contributed by atoms with Gasteiger partial charge < -0.3 is 14.7 Å². The molecule has 0 unspecified atom stereocenters. The zero-order valence-corrected chi connectivity index (χ0v) is 10.9. The Morgan fingerprint density at radius 1 is 1.22 bits per heavy atom. The number of aromatic nitrogens is 2. The highest BCUT2D eigenvalue weighted by atomic mass is 19.2. The number of pyridine rings is 1. The molecule has 7 nitrogen and oxygen atoms in total. The number of halogens is 3. The van der Waals surface area contributed by atoms with E-state index in [9.17, 15) is 27.9 Å².